The quantitative estimate of drug-likeness (QED) is 0.418. The van der Waals surface area contributed by atoms with Crippen LogP contribution in [0.5, 0.6) is 0 Å². The molecule has 1 fully saturated rings. The van der Waals surface area contributed by atoms with Crippen molar-refractivity contribution in [2.24, 2.45) is 11.1 Å². The van der Waals surface area contributed by atoms with Crippen molar-refractivity contribution in [2.75, 3.05) is 0 Å². The minimum Gasteiger partial charge on any atom is -0.411 e. The predicted octanol–water partition coefficient (Wildman–Crippen LogP) is 2.64. The molecule has 0 unspecified atom stereocenters. The van der Waals surface area contributed by atoms with E-state index in [1.165, 1.54) is 5.56 Å². The molecule has 2 atom stereocenters. The minimum absolute atomic E-state index is 0.465. The summed E-state index contributed by atoms with van der Waals surface area (Å²) in [5.74, 6) is 1.05. The fourth-order valence-corrected chi connectivity index (χ4v) is 1.80. The van der Waals surface area contributed by atoms with Gasteiger partial charge in [0.25, 0.3) is 0 Å². The van der Waals surface area contributed by atoms with Crippen LogP contribution >= 0.6 is 0 Å². The zero-order valence-corrected chi connectivity index (χ0v) is 7.64. The fraction of sp³-hybridized carbons (Fsp3) is 0.364. The van der Waals surface area contributed by atoms with Gasteiger partial charge in [-0.2, -0.15) is 0 Å². The topological polar surface area (TPSA) is 32.6 Å². The van der Waals surface area contributed by atoms with Gasteiger partial charge in [0.05, 0.1) is 5.71 Å². The summed E-state index contributed by atoms with van der Waals surface area (Å²) in [7, 11) is 0. The van der Waals surface area contributed by atoms with E-state index in [4.69, 9.17) is 5.21 Å². The molecule has 0 aromatic heterocycles. The maximum atomic E-state index is 8.60. The van der Waals surface area contributed by atoms with Crippen LogP contribution in [0.15, 0.2) is 35.5 Å². The SMILES string of the molecule is C/C(=N\O)[C@H]1C[C@H]1c1ccccc1. The van der Waals surface area contributed by atoms with Crippen molar-refractivity contribution < 1.29 is 5.21 Å². The molecule has 0 spiro atoms. The van der Waals surface area contributed by atoms with Crippen molar-refractivity contribution in [1.29, 1.82) is 0 Å². The van der Waals surface area contributed by atoms with E-state index < -0.39 is 0 Å². The lowest BCUT2D eigenvalue weighted by atomic mass is 10.1. The molecule has 1 aliphatic carbocycles. The number of hydrogen-bond donors (Lipinski definition) is 1. The van der Waals surface area contributed by atoms with Crippen LogP contribution in [0, 0.1) is 5.92 Å². The highest BCUT2D eigenvalue weighted by molar-refractivity contribution is 5.87. The summed E-state index contributed by atoms with van der Waals surface area (Å²) >= 11 is 0. The largest absolute Gasteiger partial charge is 0.411 e. The van der Waals surface area contributed by atoms with Gasteiger partial charge in [-0.25, -0.2) is 0 Å². The van der Waals surface area contributed by atoms with Crippen molar-refractivity contribution in [3.8, 4) is 0 Å². The predicted molar refractivity (Wildman–Crippen MR) is 52.2 cm³/mol. The monoisotopic (exact) mass is 175 g/mol. The smallest absolute Gasteiger partial charge is 0.0577 e. The number of benzene rings is 1. The lowest BCUT2D eigenvalue weighted by molar-refractivity contribution is 0.316. The molecule has 0 bridgehead atoms. The van der Waals surface area contributed by atoms with Crippen LogP contribution in [0.4, 0.5) is 0 Å². The second-order valence-corrected chi connectivity index (χ2v) is 3.60. The third kappa shape index (κ3) is 1.57. The van der Waals surface area contributed by atoms with Gasteiger partial charge in [-0.1, -0.05) is 35.5 Å². The molecule has 2 nitrogen and oxygen atoms in total. The molecule has 1 N–H and O–H groups in total. The molecule has 0 radical (unpaired) electrons. The Morgan fingerprint density at radius 3 is 2.69 bits per heavy atom. The Bertz CT molecular complexity index is 318. The van der Waals surface area contributed by atoms with E-state index in [0.717, 1.165) is 12.1 Å². The summed E-state index contributed by atoms with van der Waals surface area (Å²) in [6.45, 7) is 1.88. The number of rotatable bonds is 2. The van der Waals surface area contributed by atoms with E-state index in [2.05, 4.69) is 29.4 Å². The Hall–Kier alpha value is -1.31. The molecule has 1 aromatic rings. The molecular weight excluding hydrogens is 162 g/mol. The van der Waals surface area contributed by atoms with Crippen LogP contribution in [0.1, 0.15) is 24.8 Å². The van der Waals surface area contributed by atoms with Crippen LogP contribution in [0.25, 0.3) is 0 Å². The maximum Gasteiger partial charge on any atom is 0.0577 e. The highest BCUT2D eigenvalue weighted by Crippen LogP contribution is 2.48. The molecule has 2 rings (SSSR count). The van der Waals surface area contributed by atoms with Crippen molar-refractivity contribution >= 4 is 5.71 Å². The molecule has 68 valence electrons. The van der Waals surface area contributed by atoms with Gasteiger partial charge in [-0.15, -0.1) is 0 Å². The molecule has 0 aliphatic heterocycles. The highest BCUT2D eigenvalue weighted by Gasteiger charge is 2.40. The molecule has 0 heterocycles. The summed E-state index contributed by atoms with van der Waals surface area (Å²) in [5, 5.41) is 11.8. The molecule has 0 saturated heterocycles. The van der Waals surface area contributed by atoms with Gasteiger partial charge in [0.2, 0.25) is 0 Å². The summed E-state index contributed by atoms with van der Waals surface area (Å²) in [6, 6.07) is 10.4. The van der Waals surface area contributed by atoms with Gasteiger partial charge in [0, 0.05) is 5.92 Å². The molecule has 13 heavy (non-hydrogen) atoms. The molecule has 1 aromatic carbocycles. The van der Waals surface area contributed by atoms with Gasteiger partial charge in [-0.05, 0) is 24.8 Å². The first-order chi connectivity index (χ1) is 6.33. The Morgan fingerprint density at radius 2 is 2.08 bits per heavy atom. The van der Waals surface area contributed by atoms with Crippen molar-refractivity contribution in [2.45, 2.75) is 19.3 Å². The van der Waals surface area contributed by atoms with Crippen LogP contribution in [-0.2, 0) is 0 Å². The van der Waals surface area contributed by atoms with Crippen molar-refractivity contribution in [3.63, 3.8) is 0 Å². The zero-order chi connectivity index (χ0) is 9.26. The maximum absolute atomic E-state index is 8.60. The van der Waals surface area contributed by atoms with Crippen LogP contribution in [0.3, 0.4) is 0 Å². The third-order valence-electron chi connectivity index (χ3n) is 2.71. The highest BCUT2D eigenvalue weighted by atomic mass is 16.4. The first-order valence-corrected chi connectivity index (χ1v) is 4.56. The Kier molecular flexibility index (Phi) is 2.05. The molecule has 0 amide bonds. The average molecular weight is 175 g/mol. The van der Waals surface area contributed by atoms with Gasteiger partial charge >= 0.3 is 0 Å². The second-order valence-electron chi connectivity index (χ2n) is 3.60. The Balaban J connectivity index is 2.09. The normalized spacial score (nSPS) is 27.3. The van der Waals surface area contributed by atoms with E-state index in [1.54, 1.807) is 0 Å². The molecule has 1 saturated carbocycles. The van der Waals surface area contributed by atoms with Crippen molar-refractivity contribution in [3.05, 3.63) is 35.9 Å². The van der Waals surface area contributed by atoms with Crippen molar-refractivity contribution in [1.82, 2.24) is 0 Å². The summed E-state index contributed by atoms with van der Waals surface area (Å²) in [6.07, 6.45) is 1.12. The van der Waals surface area contributed by atoms with Crippen LogP contribution in [-0.4, -0.2) is 10.9 Å². The summed E-state index contributed by atoms with van der Waals surface area (Å²) in [5.41, 5.74) is 2.21. The van der Waals surface area contributed by atoms with E-state index >= 15 is 0 Å². The van der Waals surface area contributed by atoms with Gasteiger partial charge in [0.15, 0.2) is 0 Å². The Labute approximate surface area is 77.9 Å². The van der Waals surface area contributed by atoms with E-state index in [9.17, 15) is 0 Å². The minimum atomic E-state index is 0.465. The Morgan fingerprint density at radius 1 is 1.38 bits per heavy atom. The molecule has 1 aliphatic rings. The van der Waals surface area contributed by atoms with E-state index in [1.807, 2.05) is 13.0 Å². The third-order valence-corrected chi connectivity index (χ3v) is 2.71. The molecular formula is C11H13NO. The van der Waals surface area contributed by atoms with Crippen LogP contribution in [0.2, 0.25) is 0 Å². The van der Waals surface area contributed by atoms with Gasteiger partial charge in [0.1, 0.15) is 0 Å². The molecule has 2 heteroatoms. The average Bonchev–Trinajstić information content (AvgIpc) is 2.98. The van der Waals surface area contributed by atoms with E-state index in [0.29, 0.717) is 11.8 Å². The van der Waals surface area contributed by atoms with E-state index in [-0.39, 0.29) is 0 Å². The van der Waals surface area contributed by atoms with Crippen LogP contribution < -0.4 is 0 Å². The number of nitrogens with zero attached hydrogens (tertiary/aromatic N) is 1. The lowest BCUT2D eigenvalue weighted by Crippen LogP contribution is -1.95. The first-order valence-electron chi connectivity index (χ1n) is 4.56. The lowest BCUT2D eigenvalue weighted by Gasteiger charge is -1.97. The fourth-order valence-electron chi connectivity index (χ4n) is 1.80. The first kappa shape index (κ1) is 8.30. The van der Waals surface area contributed by atoms with Gasteiger partial charge < -0.3 is 5.21 Å². The van der Waals surface area contributed by atoms with Gasteiger partial charge in [-0.3, -0.25) is 0 Å². The number of hydrogen-bond acceptors (Lipinski definition) is 2. The number of oxime groups is 1. The standard InChI is InChI=1S/C11H13NO/c1-8(12-13)10-7-11(10)9-5-3-2-4-6-9/h2-6,10-11,13H,7H2,1H3/b12-8+/t10-,11+/m1/s1. The summed E-state index contributed by atoms with van der Waals surface area (Å²) in [4.78, 5) is 0. The summed E-state index contributed by atoms with van der Waals surface area (Å²) < 4.78 is 0. The second kappa shape index (κ2) is 3.21. The zero-order valence-electron chi connectivity index (χ0n) is 7.64.